The third-order valence-corrected chi connectivity index (χ3v) is 2.30. The fraction of sp³-hybridized carbons (Fsp3) is 0.308. The number of amides is 1. The minimum Gasteiger partial charge on any atom is -0.497 e. The predicted octanol–water partition coefficient (Wildman–Crippen LogP) is 2.35. The molecule has 0 radical (unpaired) electrons. The molecule has 19 heavy (non-hydrogen) atoms. The molecule has 1 amide bonds. The van der Waals surface area contributed by atoms with Crippen LogP contribution in [0.5, 0.6) is 5.75 Å². The lowest BCUT2D eigenvalue weighted by Crippen LogP contribution is -2.23. The van der Waals surface area contributed by atoms with Crippen LogP contribution in [0.25, 0.3) is 0 Å². The first-order valence-corrected chi connectivity index (χ1v) is 5.33. The molecular weight excluding hydrogens is 259 g/mol. The van der Waals surface area contributed by atoms with Crippen molar-refractivity contribution in [3.8, 4) is 17.6 Å². The number of nitrogens with one attached hydrogen (secondary N) is 1. The van der Waals surface area contributed by atoms with E-state index in [1.165, 1.54) is 26.2 Å². The molecular formula is C13H12F3NO2. The Bertz CT molecular complexity index is 527. The van der Waals surface area contributed by atoms with Gasteiger partial charge in [0.25, 0.3) is 5.91 Å². The molecule has 102 valence electrons. The molecule has 3 nitrogen and oxygen atoms in total. The topological polar surface area (TPSA) is 38.3 Å². The van der Waals surface area contributed by atoms with E-state index in [0.29, 0.717) is 0 Å². The van der Waals surface area contributed by atoms with E-state index in [2.05, 4.69) is 17.2 Å². The number of halogens is 3. The third kappa shape index (κ3) is 4.21. The quantitative estimate of drug-likeness (QED) is 0.857. The number of rotatable bonds is 3. The van der Waals surface area contributed by atoms with Crippen molar-refractivity contribution in [2.45, 2.75) is 19.6 Å². The number of ether oxygens (including phenoxy) is 1. The zero-order valence-corrected chi connectivity index (χ0v) is 10.4. The molecule has 0 unspecified atom stereocenters. The lowest BCUT2D eigenvalue weighted by molar-refractivity contribution is -0.138. The van der Waals surface area contributed by atoms with E-state index in [0.717, 1.165) is 6.07 Å². The number of benzene rings is 1. The standard InChI is InChI=1S/C13H12F3NO2/c1-3-4-12(18)17-8-9-5-6-10(19-2)7-11(9)13(14,15)16/h5-7H,8H2,1-2H3,(H,17,18). The van der Waals surface area contributed by atoms with Gasteiger partial charge in [0.05, 0.1) is 12.7 Å². The first kappa shape index (κ1) is 14.9. The molecule has 0 aliphatic rings. The predicted molar refractivity (Wildman–Crippen MR) is 63.3 cm³/mol. The van der Waals surface area contributed by atoms with Gasteiger partial charge in [-0.1, -0.05) is 12.0 Å². The molecule has 0 heterocycles. The number of carbonyl (C=O) groups excluding carboxylic acids is 1. The molecule has 0 atom stereocenters. The maximum absolute atomic E-state index is 12.8. The summed E-state index contributed by atoms with van der Waals surface area (Å²) in [5.41, 5.74) is -0.879. The molecule has 1 aromatic rings. The van der Waals surface area contributed by atoms with Crippen LogP contribution in [0.1, 0.15) is 18.1 Å². The number of methoxy groups -OCH3 is 1. The van der Waals surface area contributed by atoms with Gasteiger partial charge in [0.2, 0.25) is 0 Å². The van der Waals surface area contributed by atoms with Crippen LogP contribution < -0.4 is 10.1 Å². The summed E-state index contributed by atoms with van der Waals surface area (Å²) in [6.45, 7) is 1.22. The zero-order chi connectivity index (χ0) is 14.5. The molecule has 0 saturated heterocycles. The van der Waals surface area contributed by atoms with Gasteiger partial charge in [-0.2, -0.15) is 13.2 Å². The van der Waals surface area contributed by atoms with E-state index in [1.807, 2.05) is 0 Å². The normalized spacial score (nSPS) is 10.4. The average molecular weight is 271 g/mol. The second-order valence-corrected chi connectivity index (χ2v) is 3.58. The number of alkyl halides is 3. The maximum Gasteiger partial charge on any atom is 0.416 e. The Morgan fingerprint density at radius 2 is 2.11 bits per heavy atom. The zero-order valence-electron chi connectivity index (χ0n) is 10.4. The van der Waals surface area contributed by atoms with E-state index >= 15 is 0 Å². The summed E-state index contributed by atoms with van der Waals surface area (Å²) < 4.78 is 43.3. The van der Waals surface area contributed by atoms with Gasteiger partial charge in [-0.15, -0.1) is 0 Å². The first-order valence-electron chi connectivity index (χ1n) is 5.33. The van der Waals surface area contributed by atoms with Crippen LogP contribution in [0.3, 0.4) is 0 Å². The fourth-order valence-corrected chi connectivity index (χ4v) is 1.43. The Morgan fingerprint density at radius 1 is 1.42 bits per heavy atom. The van der Waals surface area contributed by atoms with Crippen molar-refractivity contribution in [3.05, 3.63) is 29.3 Å². The van der Waals surface area contributed by atoms with Crippen LogP contribution in [0.4, 0.5) is 13.2 Å². The monoisotopic (exact) mass is 271 g/mol. The molecule has 1 rings (SSSR count). The molecule has 0 fully saturated rings. The van der Waals surface area contributed by atoms with E-state index in [4.69, 9.17) is 4.74 Å². The molecule has 0 spiro atoms. The van der Waals surface area contributed by atoms with Crippen LogP contribution >= 0.6 is 0 Å². The SMILES string of the molecule is CC#CC(=O)NCc1ccc(OC)cc1C(F)(F)F. The molecule has 0 aliphatic carbocycles. The van der Waals surface area contributed by atoms with Crippen LogP contribution in [-0.2, 0) is 17.5 Å². The molecule has 0 bridgehead atoms. The fourth-order valence-electron chi connectivity index (χ4n) is 1.43. The van der Waals surface area contributed by atoms with Crippen molar-refractivity contribution in [2.24, 2.45) is 0 Å². The van der Waals surface area contributed by atoms with Gasteiger partial charge in [-0.3, -0.25) is 4.79 Å². The van der Waals surface area contributed by atoms with Gasteiger partial charge in [-0.25, -0.2) is 0 Å². The summed E-state index contributed by atoms with van der Waals surface area (Å²) >= 11 is 0. The highest BCUT2D eigenvalue weighted by Gasteiger charge is 2.33. The number of carbonyl (C=O) groups is 1. The van der Waals surface area contributed by atoms with Crippen LogP contribution in [0, 0.1) is 11.8 Å². The minimum absolute atomic E-state index is 0.0421. The van der Waals surface area contributed by atoms with Crippen molar-refractivity contribution in [1.29, 1.82) is 0 Å². The smallest absolute Gasteiger partial charge is 0.416 e. The molecule has 6 heteroatoms. The van der Waals surface area contributed by atoms with Crippen molar-refractivity contribution >= 4 is 5.91 Å². The summed E-state index contributed by atoms with van der Waals surface area (Å²) in [4.78, 5) is 11.1. The Labute approximate surface area is 108 Å². The van der Waals surface area contributed by atoms with Gasteiger partial charge in [0, 0.05) is 6.54 Å². The Kier molecular flexibility index (Phi) is 4.81. The molecule has 1 aromatic carbocycles. The third-order valence-electron chi connectivity index (χ3n) is 2.30. The summed E-state index contributed by atoms with van der Waals surface area (Å²) in [5, 5.41) is 2.30. The Hall–Kier alpha value is -2.16. The van der Waals surface area contributed by atoms with E-state index in [-0.39, 0.29) is 17.9 Å². The van der Waals surface area contributed by atoms with Gasteiger partial charge in [0.1, 0.15) is 5.75 Å². The Morgan fingerprint density at radius 3 is 2.63 bits per heavy atom. The summed E-state index contributed by atoms with van der Waals surface area (Å²) in [6, 6.07) is 3.57. The molecule has 0 aliphatic heterocycles. The lowest BCUT2D eigenvalue weighted by Gasteiger charge is -2.14. The van der Waals surface area contributed by atoms with Crippen LogP contribution in [0.15, 0.2) is 18.2 Å². The molecule has 0 aromatic heterocycles. The first-order chi connectivity index (χ1) is 8.88. The van der Waals surface area contributed by atoms with Crippen molar-refractivity contribution in [3.63, 3.8) is 0 Å². The average Bonchev–Trinajstić information content (AvgIpc) is 2.35. The molecule has 0 saturated carbocycles. The van der Waals surface area contributed by atoms with Crippen LogP contribution in [0.2, 0.25) is 0 Å². The second-order valence-electron chi connectivity index (χ2n) is 3.58. The summed E-state index contributed by atoms with van der Waals surface area (Å²) in [5.74, 6) is 4.04. The second kappa shape index (κ2) is 6.14. The minimum atomic E-state index is -4.51. The highest BCUT2D eigenvalue weighted by molar-refractivity contribution is 5.93. The maximum atomic E-state index is 12.8. The largest absolute Gasteiger partial charge is 0.497 e. The summed E-state index contributed by atoms with van der Waals surface area (Å²) in [7, 11) is 1.29. The van der Waals surface area contributed by atoms with Gasteiger partial charge >= 0.3 is 6.18 Å². The highest BCUT2D eigenvalue weighted by atomic mass is 19.4. The number of hydrogen-bond acceptors (Lipinski definition) is 2. The van der Waals surface area contributed by atoms with Crippen molar-refractivity contribution < 1.29 is 22.7 Å². The van der Waals surface area contributed by atoms with E-state index in [1.54, 1.807) is 0 Å². The summed E-state index contributed by atoms with van der Waals surface area (Å²) in [6.07, 6.45) is -4.51. The van der Waals surface area contributed by atoms with Crippen molar-refractivity contribution in [2.75, 3.05) is 7.11 Å². The highest BCUT2D eigenvalue weighted by Crippen LogP contribution is 2.34. The van der Waals surface area contributed by atoms with Gasteiger partial charge in [-0.05, 0) is 30.5 Å². The lowest BCUT2D eigenvalue weighted by atomic mass is 10.1. The molecule has 1 N–H and O–H groups in total. The van der Waals surface area contributed by atoms with Gasteiger partial charge < -0.3 is 10.1 Å². The van der Waals surface area contributed by atoms with Crippen LogP contribution in [-0.4, -0.2) is 13.0 Å². The van der Waals surface area contributed by atoms with Gasteiger partial charge in [0.15, 0.2) is 0 Å². The number of hydrogen-bond donors (Lipinski definition) is 1. The van der Waals surface area contributed by atoms with E-state index in [9.17, 15) is 18.0 Å². The Balaban J connectivity index is 2.99. The van der Waals surface area contributed by atoms with E-state index < -0.39 is 17.6 Å². The van der Waals surface area contributed by atoms with Crippen molar-refractivity contribution in [1.82, 2.24) is 5.32 Å².